The van der Waals surface area contributed by atoms with E-state index in [1.807, 2.05) is 0 Å². The van der Waals surface area contributed by atoms with Crippen LogP contribution in [0.15, 0.2) is 47.4 Å². The van der Waals surface area contributed by atoms with Crippen LogP contribution in [0.25, 0.3) is 0 Å². The summed E-state index contributed by atoms with van der Waals surface area (Å²) in [6.45, 7) is 0. The Morgan fingerprint density at radius 3 is 2.48 bits per heavy atom. The van der Waals surface area contributed by atoms with Gasteiger partial charge in [0, 0.05) is 5.69 Å². The molecule has 13 nitrogen and oxygen atoms in total. The van der Waals surface area contributed by atoms with Crippen LogP contribution in [0, 0.1) is 10.1 Å². The molecule has 0 bridgehead atoms. The predicted molar refractivity (Wildman–Crippen MR) is 102 cm³/mol. The fraction of sp³-hybridized carbons (Fsp3) is 0.133. The van der Waals surface area contributed by atoms with Gasteiger partial charge in [0.1, 0.15) is 0 Å². The van der Waals surface area contributed by atoms with Crippen molar-refractivity contribution < 1.29 is 89.4 Å². The number of nitrogens with one attached hydrogen (secondary N) is 4. The van der Waals surface area contributed by atoms with Crippen LogP contribution < -0.4 is 90.7 Å². The van der Waals surface area contributed by atoms with Crippen molar-refractivity contribution in [1.29, 1.82) is 0 Å². The zero-order valence-electron chi connectivity index (χ0n) is 18.8. The second kappa shape index (κ2) is 11.5. The van der Waals surface area contributed by atoms with Crippen molar-refractivity contribution in [3.05, 3.63) is 52.6 Å². The Kier molecular flexibility index (Phi) is 10.3. The number of carbonyl (C=O) groups is 1. The van der Waals surface area contributed by atoms with Crippen LogP contribution in [0.3, 0.4) is 0 Å². The average molecular weight is 472 g/mol. The van der Waals surface area contributed by atoms with Crippen molar-refractivity contribution in [2.75, 3.05) is 17.4 Å². The first-order valence-electron chi connectivity index (χ1n) is 7.97. The molecule has 1 unspecified atom stereocenters. The van der Waals surface area contributed by atoms with Crippen LogP contribution in [0.2, 0.25) is 0 Å². The smallest absolute Gasteiger partial charge is 1.00 e. The molecule has 1 aliphatic rings. The molecule has 1 saturated heterocycles. The number of rotatable bonds is 6. The summed E-state index contributed by atoms with van der Waals surface area (Å²) in [5, 5.41) is 15.0. The molecule has 1 fully saturated rings. The number of hydrogen-bond acceptors (Lipinski definition) is 10. The van der Waals surface area contributed by atoms with E-state index in [0.29, 0.717) is 5.69 Å². The Morgan fingerprint density at radius 2 is 1.94 bits per heavy atom. The van der Waals surface area contributed by atoms with Gasteiger partial charge in [-0.05, 0) is 18.2 Å². The largest absolute Gasteiger partial charge is 1.00 e. The third-order valence-electron chi connectivity index (χ3n) is 3.93. The topological polar surface area (TPSA) is 175 Å². The molecule has 2 aromatic carbocycles. The molecule has 3 rings (SSSR count). The van der Waals surface area contributed by atoms with E-state index in [4.69, 9.17) is 4.74 Å². The summed E-state index contributed by atoms with van der Waals surface area (Å²) in [4.78, 5) is 21.9. The van der Waals surface area contributed by atoms with Gasteiger partial charge < -0.3 is 12.9 Å². The molecule has 1 aliphatic heterocycles. The van der Waals surface area contributed by atoms with Gasteiger partial charge in [-0.3, -0.25) is 24.5 Å². The minimum Gasteiger partial charge on any atom is -1.00 e. The third-order valence-corrected chi connectivity index (χ3v) is 4.81. The summed E-state index contributed by atoms with van der Waals surface area (Å²) in [7, 11) is -3.72. The number of benzene rings is 2. The van der Waals surface area contributed by atoms with Gasteiger partial charge in [-0.2, -0.15) is 19.5 Å². The van der Waals surface area contributed by atoms with Gasteiger partial charge in [0.05, 0.1) is 23.8 Å². The van der Waals surface area contributed by atoms with Crippen molar-refractivity contribution in [1.82, 2.24) is 16.5 Å². The van der Waals surface area contributed by atoms with Gasteiger partial charge in [-0.25, -0.2) is 5.43 Å². The first-order chi connectivity index (χ1) is 13.7. The summed E-state index contributed by atoms with van der Waals surface area (Å²) in [5.74, 6) is -0.651. The fourth-order valence-electron chi connectivity index (χ4n) is 2.64. The van der Waals surface area contributed by atoms with Crippen LogP contribution in [-0.2, 0) is 14.9 Å². The van der Waals surface area contributed by atoms with E-state index in [2.05, 4.69) is 21.8 Å². The average Bonchev–Trinajstić information content (AvgIpc) is 3.16. The van der Waals surface area contributed by atoms with Crippen LogP contribution in [0.4, 0.5) is 17.1 Å². The van der Waals surface area contributed by atoms with E-state index < -0.39 is 37.7 Å². The summed E-state index contributed by atoms with van der Waals surface area (Å²) in [6.07, 6.45) is -1.11. The van der Waals surface area contributed by atoms with E-state index in [1.165, 1.54) is 7.11 Å². The number of ether oxygens (including phenoxy) is 1. The Balaban J connectivity index is 0. The molecule has 0 aromatic heterocycles. The molecule has 158 valence electrons. The minimum absolute atomic E-state index is 0. The Bertz CT molecular complexity index is 1070. The number of hydrazine groups is 3. The number of hydrogen-bond donors (Lipinski definition) is 5. The summed E-state index contributed by atoms with van der Waals surface area (Å²) >= 11 is 0. The molecule has 0 aliphatic carbocycles. The number of nitro benzene ring substituents is 1. The number of amides is 1. The predicted octanol–water partition coefficient (Wildman–Crippen LogP) is -5.62. The number of carbonyl (C=O) groups excluding carboxylic acids is 1. The van der Waals surface area contributed by atoms with Crippen molar-refractivity contribution in [2.24, 2.45) is 0 Å². The van der Waals surface area contributed by atoms with Gasteiger partial charge in [0.15, 0.2) is 16.8 Å². The van der Waals surface area contributed by atoms with Gasteiger partial charge in [-0.15, -0.1) is 0 Å². The molecule has 0 radical (unpaired) electrons. The van der Waals surface area contributed by atoms with Crippen LogP contribution in [0.5, 0.6) is 5.75 Å². The van der Waals surface area contributed by atoms with Crippen molar-refractivity contribution >= 4 is 33.1 Å². The molecule has 1 atom stereocenters. The SMILES string of the molecule is COc1cc([N+](=O)[O-])c(S(=O)(=O)O)cc1N1NNNC1C(=O)Nc1ccccc1.[H-].[H-].[Na+].[Na+]. The molecule has 5 N–H and O–H groups in total. The number of anilines is 2. The molecular formula is C15H18N6Na2O7S. The molecule has 0 saturated carbocycles. The normalized spacial score (nSPS) is 15.4. The maximum absolute atomic E-state index is 12.6. The van der Waals surface area contributed by atoms with Crippen LogP contribution in [-0.4, -0.2) is 37.1 Å². The Morgan fingerprint density at radius 1 is 1.29 bits per heavy atom. The third kappa shape index (κ3) is 6.36. The number of nitrogens with zero attached hydrogens (tertiary/aromatic N) is 2. The van der Waals surface area contributed by atoms with Gasteiger partial charge >= 0.3 is 69.2 Å². The summed E-state index contributed by atoms with van der Waals surface area (Å²) < 4.78 is 37.8. The monoisotopic (exact) mass is 472 g/mol. The molecule has 31 heavy (non-hydrogen) atoms. The van der Waals surface area contributed by atoms with E-state index >= 15 is 0 Å². The standard InChI is InChI=1S/C15H16N6O7S.2Na.2H/c1-28-12-7-11(21(23)24)13(29(25,26)27)8-10(12)20-14(17-18-19-20)15(22)16-9-5-3-2-4-6-9;;;;/h2-8,14,17-19H,1H3,(H,16,22)(H,25,26,27);;;;/q;2*+1;2*-1. The van der Waals surface area contributed by atoms with Gasteiger partial charge in [0.25, 0.3) is 11.6 Å². The summed E-state index contributed by atoms with van der Waals surface area (Å²) in [6, 6.07) is 10.2. The zero-order valence-corrected chi connectivity index (χ0v) is 21.6. The minimum atomic E-state index is -4.93. The Labute approximate surface area is 224 Å². The first-order valence-corrected chi connectivity index (χ1v) is 9.41. The van der Waals surface area contributed by atoms with Crippen LogP contribution in [0.1, 0.15) is 2.85 Å². The molecule has 2 aromatic rings. The van der Waals surface area contributed by atoms with E-state index in [0.717, 1.165) is 17.1 Å². The number of methoxy groups -OCH3 is 1. The fourth-order valence-corrected chi connectivity index (χ4v) is 3.30. The maximum atomic E-state index is 12.6. The van der Waals surface area contributed by atoms with E-state index in [9.17, 15) is 27.9 Å². The summed E-state index contributed by atoms with van der Waals surface area (Å²) in [5.41, 5.74) is 7.28. The molecular weight excluding hydrogens is 454 g/mol. The first kappa shape index (κ1) is 27.7. The van der Waals surface area contributed by atoms with Crippen molar-refractivity contribution in [3.8, 4) is 5.75 Å². The number of nitro groups is 1. The van der Waals surface area contributed by atoms with Crippen molar-refractivity contribution in [2.45, 2.75) is 11.1 Å². The number of para-hydroxylation sites is 1. The molecule has 1 amide bonds. The second-order valence-electron chi connectivity index (χ2n) is 5.73. The zero-order chi connectivity index (χ0) is 21.2. The maximum Gasteiger partial charge on any atom is 1.00 e. The van der Waals surface area contributed by atoms with E-state index in [-0.39, 0.29) is 73.4 Å². The van der Waals surface area contributed by atoms with Gasteiger partial charge in [-0.1, -0.05) is 18.2 Å². The molecule has 16 heteroatoms. The Hall–Kier alpha value is -1.30. The molecule has 1 heterocycles. The quantitative estimate of drug-likeness (QED) is 0.117. The van der Waals surface area contributed by atoms with Crippen LogP contribution >= 0.6 is 0 Å². The van der Waals surface area contributed by atoms with Crippen molar-refractivity contribution in [3.63, 3.8) is 0 Å². The van der Waals surface area contributed by atoms with E-state index in [1.54, 1.807) is 30.3 Å². The second-order valence-corrected chi connectivity index (χ2v) is 7.12. The van der Waals surface area contributed by atoms with Gasteiger partial charge in [0.2, 0.25) is 0 Å². The molecule has 0 spiro atoms.